The number of alkyl halides is 12. The molecule has 0 bridgehead atoms. The van der Waals surface area contributed by atoms with Crippen molar-refractivity contribution in [1.29, 1.82) is 0 Å². The van der Waals surface area contributed by atoms with Crippen molar-refractivity contribution in [1.82, 2.24) is 0 Å². The Morgan fingerprint density at radius 3 is 0.924 bits per heavy atom. The highest BCUT2D eigenvalue weighted by Crippen LogP contribution is 2.45. The van der Waals surface area contributed by atoms with Crippen LogP contribution in [0.1, 0.15) is 62.1 Å². The van der Waals surface area contributed by atoms with Gasteiger partial charge in [-0.25, -0.2) is 0 Å². The molecule has 0 N–H and O–H groups in total. The lowest BCUT2D eigenvalue weighted by atomic mass is 9.83. The Hall–Kier alpha value is -7.80. The van der Waals surface area contributed by atoms with Gasteiger partial charge in [0.2, 0.25) is 0 Å². The van der Waals surface area contributed by atoms with Gasteiger partial charge in [0.05, 0.1) is 22.3 Å². The first-order valence-electron chi connectivity index (χ1n) is 19.8. The Morgan fingerprint density at radius 1 is 0.348 bits per heavy atom. The Kier molecular flexibility index (Phi) is 10.5. The lowest BCUT2D eigenvalue weighted by Gasteiger charge is -2.19. The highest BCUT2D eigenvalue weighted by molar-refractivity contribution is 6.35. The molecule has 0 fully saturated rings. The Morgan fingerprint density at radius 2 is 0.652 bits per heavy atom. The van der Waals surface area contributed by atoms with Gasteiger partial charge in [-0.15, -0.1) is 0 Å². The normalized spacial score (nSPS) is 14.3. The van der Waals surface area contributed by atoms with E-state index in [0.717, 1.165) is 91.6 Å². The van der Waals surface area contributed by atoms with Crippen molar-refractivity contribution >= 4 is 43.1 Å². The molecule has 12 heteroatoms. The fourth-order valence-corrected chi connectivity index (χ4v) is 7.62. The highest BCUT2D eigenvalue weighted by Gasteiger charge is 2.33. The van der Waals surface area contributed by atoms with Crippen LogP contribution in [0.5, 0.6) is 0 Å². The summed E-state index contributed by atoms with van der Waals surface area (Å²) in [6, 6.07) is 24.2. The standard InChI is InChI=1S/C54H24F12/c55-51(56,57)39-17-5-31(6-18-39)1-13-35-25-43-44(26-36(35)14-2-32-7-19-40(20-8-32)52(58,59)60)48-30-50-46-28-38(16-4-34-11-23-42(24-12-34)54(64,65)66)37(27-45(46)49(50)29-47(43)48)15-3-33-9-21-41(22-10-33)53(61,62)63/h5-11,17-30,34H,12H2. The van der Waals surface area contributed by atoms with Crippen molar-refractivity contribution in [3.8, 4) is 47.4 Å². The minimum atomic E-state index is -4.54. The quantitative estimate of drug-likeness (QED) is 0.105. The molecule has 66 heavy (non-hydrogen) atoms. The van der Waals surface area contributed by atoms with Gasteiger partial charge in [0, 0.05) is 44.9 Å². The summed E-state index contributed by atoms with van der Waals surface area (Å²) < 4.78 is 159. The minimum Gasteiger partial charge on any atom is -0.166 e. The van der Waals surface area contributed by atoms with Crippen molar-refractivity contribution in [2.24, 2.45) is 5.92 Å². The number of benzene rings is 6. The summed E-state index contributed by atoms with van der Waals surface area (Å²) in [5.74, 6) is 23.3. The van der Waals surface area contributed by atoms with E-state index in [1.807, 2.05) is 24.3 Å². The molecule has 0 aliphatic heterocycles. The van der Waals surface area contributed by atoms with E-state index in [4.69, 9.17) is 0 Å². The molecule has 0 nitrogen and oxygen atoms in total. The van der Waals surface area contributed by atoms with Crippen molar-refractivity contribution in [2.75, 3.05) is 0 Å². The zero-order chi connectivity index (χ0) is 46.8. The second-order valence-corrected chi connectivity index (χ2v) is 15.4. The molecule has 0 aromatic heterocycles. The minimum absolute atomic E-state index is 0.0310. The maximum Gasteiger partial charge on any atom is 0.416 e. The van der Waals surface area contributed by atoms with Gasteiger partial charge < -0.3 is 0 Å². The van der Waals surface area contributed by atoms with E-state index in [1.54, 1.807) is 12.1 Å². The fraction of sp³-hybridized carbons (Fsp3) is 0.111. The van der Waals surface area contributed by atoms with E-state index in [9.17, 15) is 52.7 Å². The fourth-order valence-electron chi connectivity index (χ4n) is 7.62. The van der Waals surface area contributed by atoms with Crippen molar-refractivity contribution in [2.45, 2.75) is 31.1 Å². The van der Waals surface area contributed by atoms with Crippen LogP contribution in [-0.2, 0) is 18.5 Å². The summed E-state index contributed by atoms with van der Waals surface area (Å²) in [6.45, 7) is 0. The molecule has 0 heterocycles. The smallest absolute Gasteiger partial charge is 0.166 e. The van der Waals surface area contributed by atoms with E-state index in [0.29, 0.717) is 38.9 Å². The molecule has 0 amide bonds. The van der Waals surface area contributed by atoms with Crippen LogP contribution in [-0.4, -0.2) is 6.18 Å². The summed E-state index contributed by atoms with van der Waals surface area (Å²) in [4.78, 5) is 0. The molecule has 0 saturated heterocycles. The van der Waals surface area contributed by atoms with Crippen LogP contribution in [0.3, 0.4) is 0 Å². The topological polar surface area (TPSA) is 0 Å². The first-order chi connectivity index (χ1) is 31.2. The third-order valence-electron chi connectivity index (χ3n) is 11.1. The molecule has 1 aliphatic rings. The van der Waals surface area contributed by atoms with Gasteiger partial charge in [-0.3, -0.25) is 0 Å². The molecule has 1 unspecified atom stereocenters. The predicted octanol–water partition coefficient (Wildman–Crippen LogP) is 14.8. The van der Waals surface area contributed by atoms with Gasteiger partial charge in [0.15, 0.2) is 0 Å². The number of hydrogen-bond acceptors (Lipinski definition) is 0. The lowest BCUT2D eigenvalue weighted by Crippen LogP contribution is -2.13. The first kappa shape index (κ1) is 43.5. The van der Waals surface area contributed by atoms with E-state index < -0.39 is 52.9 Å². The maximum absolute atomic E-state index is 13.2. The zero-order valence-corrected chi connectivity index (χ0v) is 33.4. The van der Waals surface area contributed by atoms with Crippen LogP contribution in [0.25, 0.3) is 43.1 Å². The van der Waals surface area contributed by atoms with Crippen LogP contribution < -0.4 is 0 Å². The van der Waals surface area contributed by atoms with Crippen molar-refractivity contribution in [3.63, 3.8) is 0 Å². The molecule has 1 aliphatic carbocycles. The molecule has 0 saturated carbocycles. The van der Waals surface area contributed by atoms with Gasteiger partial charge in [-0.05, 0) is 159 Å². The van der Waals surface area contributed by atoms with Gasteiger partial charge in [-0.2, -0.15) is 52.7 Å². The molecular formula is C54H24F12. The predicted molar refractivity (Wildman–Crippen MR) is 229 cm³/mol. The van der Waals surface area contributed by atoms with Gasteiger partial charge in [0.1, 0.15) is 0 Å². The Balaban J connectivity index is 1.14. The summed E-state index contributed by atoms with van der Waals surface area (Å²) in [5, 5.41) is 6.64. The molecule has 0 radical (unpaired) electrons. The SMILES string of the molecule is FC(F)(F)C1=CCC(C#Cc2cc3c(cc2C#Cc2ccc(C(F)(F)F)cc2)c2cc4c5cc(C#Cc6ccc(C(F)(F)F)cc6)c(C#Cc6ccc(C(F)(F)F)cc6)cc5c4cc32)C=C1. The average molecular weight is 901 g/mol. The third kappa shape index (κ3) is 8.71. The van der Waals surface area contributed by atoms with E-state index >= 15 is 0 Å². The Bertz CT molecular complexity index is 3530. The number of fused-ring (bicyclic) bond motifs is 8. The van der Waals surface area contributed by atoms with Crippen LogP contribution in [0.2, 0.25) is 0 Å². The van der Waals surface area contributed by atoms with Crippen LogP contribution in [0.4, 0.5) is 52.7 Å². The van der Waals surface area contributed by atoms with Gasteiger partial charge in [-0.1, -0.05) is 65.6 Å². The van der Waals surface area contributed by atoms with Gasteiger partial charge >= 0.3 is 24.7 Å². The molecule has 8 aromatic rings. The third-order valence-corrected chi connectivity index (χ3v) is 11.1. The average Bonchev–Trinajstić information content (AvgIpc) is 3.26. The van der Waals surface area contributed by atoms with Gasteiger partial charge in [0.25, 0.3) is 0 Å². The van der Waals surface area contributed by atoms with E-state index in [2.05, 4.69) is 47.4 Å². The largest absolute Gasteiger partial charge is 0.416 e. The number of allylic oxidation sites excluding steroid dienone is 4. The summed E-state index contributed by atoms with van der Waals surface area (Å²) in [7, 11) is 0. The second-order valence-electron chi connectivity index (χ2n) is 15.4. The number of rotatable bonds is 0. The molecule has 8 aromatic carbocycles. The summed E-state index contributed by atoms with van der Waals surface area (Å²) in [6.07, 6.45) is -14.6. The Labute approximate surface area is 367 Å². The summed E-state index contributed by atoms with van der Waals surface area (Å²) in [5.41, 5.74) is -0.623. The molecular weight excluding hydrogens is 877 g/mol. The monoisotopic (exact) mass is 900 g/mol. The summed E-state index contributed by atoms with van der Waals surface area (Å²) >= 11 is 0. The van der Waals surface area contributed by atoms with Crippen LogP contribution in [0, 0.1) is 53.3 Å². The van der Waals surface area contributed by atoms with E-state index in [-0.39, 0.29) is 6.42 Å². The molecule has 1 atom stereocenters. The molecule has 9 rings (SSSR count). The zero-order valence-electron chi connectivity index (χ0n) is 33.4. The van der Waals surface area contributed by atoms with Crippen molar-refractivity contribution < 1.29 is 52.7 Å². The molecule has 0 spiro atoms. The molecule has 324 valence electrons. The maximum atomic E-state index is 13.2. The number of hydrogen-bond donors (Lipinski definition) is 0. The van der Waals surface area contributed by atoms with Crippen LogP contribution in [0.15, 0.2) is 133 Å². The van der Waals surface area contributed by atoms with Crippen LogP contribution >= 0.6 is 0 Å². The lowest BCUT2D eigenvalue weighted by molar-refractivity contribution is -0.138. The first-order valence-corrected chi connectivity index (χ1v) is 19.8. The second kappa shape index (κ2) is 16.0. The van der Waals surface area contributed by atoms with E-state index in [1.165, 1.54) is 42.5 Å². The number of halogens is 12. The highest BCUT2D eigenvalue weighted by atomic mass is 19.4. The van der Waals surface area contributed by atoms with Crippen molar-refractivity contribution in [3.05, 3.63) is 189 Å².